The highest BCUT2D eigenvalue weighted by molar-refractivity contribution is 6.12. The van der Waals surface area contributed by atoms with E-state index in [0.717, 1.165) is 74.4 Å². The molecule has 2 aliphatic rings. The number of carboxylic acids is 1. The third-order valence-corrected chi connectivity index (χ3v) is 7.39. The predicted molar refractivity (Wildman–Crippen MR) is 161 cm³/mol. The molecule has 228 valence electrons. The zero-order valence-electron chi connectivity index (χ0n) is 24.5. The third kappa shape index (κ3) is 8.95. The molecule has 3 aromatic rings. The summed E-state index contributed by atoms with van der Waals surface area (Å²) in [6.45, 7) is 3.53. The summed E-state index contributed by atoms with van der Waals surface area (Å²) in [5, 5.41) is 13.8. The maximum absolute atomic E-state index is 11.3. The van der Waals surface area contributed by atoms with Gasteiger partial charge in [0.05, 0.1) is 19.1 Å². The number of aliphatic carboxylic acids is 1. The molecule has 0 saturated carbocycles. The van der Waals surface area contributed by atoms with Crippen LogP contribution in [0.2, 0.25) is 0 Å². The molecule has 0 aromatic heterocycles. The number of oxime groups is 1. The Bertz CT molecular complexity index is 1260. The Labute approximate surface area is 252 Å². The third-order valence-electron chi connectivity index (χ3n) is 7.39. The fourth-order valence-electron chi connectivity index (χ4n) is 4.89. The lowest BCUT2D eigenvalue weighted by Crippen LogP contribution is -2.25. The van der Waals surface area contributed by atoms with Crippen LogP contribution in [0.3, 0.4) is 0 Å². The summed E-state index contributed by atoms with van der Waals surface area (Å²) < 4.78 is 29.2. The summed E-state index contributed by atoms with van der Waals surface area (Å²) in [4.78, 5) is 17.0. The summed E-state index contributed by atoms with van der Waals surface area (Å²) in [7, 11) is 0. The highest BCUT2D eigenvalue weighted by atomic mass is 16.7. The quantitative estimate of drug-likeness (QED) is 0.136. The van der Waals surface area contributed by atoms with E-state index in [1.54, 1.807) is 31.2 Å². The number of carboxylic acid groups (broad SMARTS) is 1. The average Bonchev–Trinajstić information content (AvgIpc) is 3.04. The monoisotopic (exact) mass is 589 g/mol. The molecule has 0 radical (unpaired) electrons. The summed E-state index contributed by atoms with van der Waals surface area (Å²) in [6, 6.07) is 22.5. The molecule has 3 unspecified atom stereocenters. The van der Waals surface area contributed by atoms with Gasteiger partial charge in [-0.15, -0.1) is 0 Å². The molecule has 3 atom stereocenters. The fourth-order valence-corrected chi connectivity index (χ4v) is 4.89. The van der Waals surface area contributed by atoms with Gasteiger partial charge in [0.1, 0.15) is 29.6 Å². The van der Waals surface area contributed by atoms with Crippen LogP contribution in [-0.2, 0) is 19.1 Å². The minimum atomic E-state index is -0.883. The Hall–Kier alpha value is -4.08. The van der Waals surface area contributed by atoms with Gasteiger partial charge in [0.15, 0.2) is 19.2 Å². The number of rotatable bonds is 13. The van der Waals surface area contributed by atoms with Gasteiger partial charge < -0.3 is 33.6 Å². The zero-order valence-corrected chi connectivity index (χ0v) is 24.5. The molecule has 1 N–H and O–H groups in total. The van der Waals surface area contributed by atoms with E-state index in [1.165, 1.54) is 0 Å². The van der Waals surface area contributed by atoms with Crippen LogP contribution in [0.25, 0.3) is 0 Å². The summed E-state index contributed by atoms with van der Waals surface area (Å²) >= 11 is 0. The number of hydrogen-bond acceptors (Lipinski definition) is 8. The Kier molecular flexibility index (Phi) is 10.9. The first-order valence-electron chi connectivity index (χ1n) is 15.0. The van der Waals surface area contributed by atoms with Crippen molar-refractivity contribution in [3.63, 3.8) is 0 Å². The number of carbonyl (C=O) groups is 1. The van der Waals surface area contributed by atoms with Crippen LogP contribution in [0.4, 0.5) is 0 Å². The maximum atomic E-state index is 11.3. The van der Waals surface area contributed by atoms with E-state index in [2.05, 4.69) is 5.16 Å². The fraction of sp³-hybridized carbons (Fsp3) is 0.412. The molecule has 9 heteroatoms. The van der Waals surface area contributed by atoms with Crippen LogP contribution >= 0.6 is 0 Å². The number of hydrogen-bond donors (Lipinski definition) is 1. The van der Waals surface area contributed by atoms with Gasteiger partial charge in [-0.05, 0) is 98.8 Å². The molecule has 0 amide bonds. The highest BCUT2D eigenvalue weighted by Crippen LogP contribution is 2.24. The van der Waals surface area contributed by atoms with E-state index < -0.39 is 11.9 Å². The van der Waals surface area contributed by atoms with Crippen LogP contribution in [0.1, 0.15) is 68.1 Å². The molecule has 2 aliphatic heterocycles. The van der Waals surface area contributed by atoms with Crippen LogP contribution in [0.15, 0.2) is 78.0 Å². The second-order valence-electron chi connectivity index (χ2n) is 10.6. The second-order valence-corrected chi connectivity index (χ2v) is 10.6. The van der Waals surface area contributed by atoms with Crippen molar-refractivity contribution in [1.29, 1.82) is 0 Å². The molecule has 0 bridgehead atoms. The Balaban J connectivity index is 1.25. The minimum absolute atomic E-state index is 0.197. The van der Waals surface area contributed by atoms with Crippen molar-refractivity contribution in [2.75, 3.05) is 26.4 Å². The molecule has 9 nitrogen and oxygen atoms in total. The smallest absolute Gasteiger partial charge is 0.310 e. The molecule has 2 heterocycles. The Morgan fingerprint density at radius 3 is 1.91 bits per heavy atom. The van der Waals surface area contributed by atoms with Crippen LogP contribution in [-0.4, -0.2) is 55.8 Å². The molecule has 2 saturated heterocycles. The Morgan fingerprint density at radius 2 is 1.40 bits per heavy atom. The van der Waals surface area contributed by atoms with Crippen molar-refractivity contribution < 1.29 is 38.4 Å². The molecule has 5 rings (SSSR count). The van der Waals surface area contributed by atoms with E-state index in [1.807, 2.05) is 48.5 Å². The summed E-state index contributed by atoms with van der Waals surface area (Å²) in [5.74, 6) is 0.547. The van der Waals surface area contributed by atoms with Crippen molar-refractivity contribution in [2.24, 2.45) is 5.16 Å². The van der Waals surface area contributed by atoms with Crippen molar-refractivity contribution >= 4 is 11.7 Å². The molecular weight excluding hydrogens is 550 g/mol. The molecule has 0 spiro atoms. The van der Waals surface area contributed by atoms with E-state index >= 15 is 0 Å². The second kappa shape index (κ2) is 15.4. The van der Waals surface area contributed by atoms with E-state index in [0.29, 0.717) is 17.0 Å². The van der Waals surface area contributed by atoms with Gasteiger partial charge in [-0.2, -0.15) is 0 Å². The van der Waals surface area contributed by atoms with Crippen LogP contribution < -0.4 is 14.2 Å². The first-order valence-corrected chi connectivity index (χ1v) is 15.0. The van der Waals surface area contributed by atoms with E-state index in [-0.39, 0.29) is 25.8 Å². The van der Waals surface area contributed by atoms with Crippen molar-refractivity contribution in [3.8, 4) is 17.2 Å². The van der Waals surface area contributed by atoms with Crippen molar-refractivity contribution in [2.45, 2.75) is 63.9 Å². The van der Waals surface area contributed by atoms with Gasteiger partial charge in [0, 0.05) is 24.0 Å². The lowest BCUT2D eigenvalue weighted by Gasteiger charge is -2.23. The molecular formula is C34H39NO8. The maximum Gasteiger partial charge on any atom is 0.310 e. The number of benzene rings is 3. The van der Waals surface area contributed by atoms with Gasteiger partial charge in [0.25, 0.3) is 0 Å². The lowest BCUT2D eigenvalue weighted by molar-refractivity contribution is -0.138. The minimum Gasteiger partial charge on any atom is -0.490 e. The number of ether oxygens (including phenoxy) is 5. The molecule has 2 fully saturated rings. The zero-order chi connectivity index (χ0) is 29.9. The predicted octanol–water partition coefficient (Wildman–Crippen LogP) is 6.53. The van der Waals surface area contributed by atoms with Crippen molar-refractivity contribution in [1.82, 2.24) is 0 Å². The van der Waals surface area contributed by atoms with Gasteiger partial charge in [-0.1, -0.05) is 17.3 Å². The lowest BCUT2D eigenvalue weighted by atomic mass is 10.0. The van der Waals surface area contributed by atoms with Crippen molar-refractivity contribution in [3.05, 3.63) is 89.5 Å². The van der Waals surface area contributed by atoms with Crippen LogP contribution in [0, 0.1) is 0 Å². The first kappa shape index (κ1) is 30.4. The first-order chi connectivity index (χ1) is 21.0. The van der Waals surface area contributed by atoms with Gasteiger partial charge in [-0.25, -0.2) is 0 Å². The standard InChI is InChI=1S/C34H39NO8/c1-24(34(36)37)27-7-6-8-30(23-27)38-21-22-41-35-33(25-11-15-28(16-12-25)42-31-9-2-4-19-39-31)26-13-17-29(18-14-26)43-32-10-3-5-20-40-32/h6-8,11-18,23-24,31-32H,2-5,9-10,19-22H2,1H3,(H,36,37). The molecule has 3 aromatic carbocycles. The van der Waals surface area contributed by atoms with Gasteiger partial charge in [-0.3, -0.25) is 4.79 Å². The van der Waals surface area contributed by atoms with E-state index in [4.69, 9.17) is 28.5 Å². The van der Waals surface area contributed by atoms with E-state index in [9.17, 15) is 9.90 Å². The van der Waals surface area contributed by atoms with Gasteiger partial charge >= 0.3 is 5.97 Å². The SMILES string of the molecule is CC(C(=O)O)c1cccc(OCCON=C(c2ccc(OC3CCCCO3)cc2)c2ccc(OC3CCCCO3)cc2)c1. The summed E-state index contributed by atoms with van der Waals surface area (Å²) in [5.41, 5.74) is 3.05. The molecule has 0 aliphatic carbocycles. The number of nitrogens with zero attached hydrogens (tertiary/aromatic N) is 1. The Morgan fingerprint density at radius 1 is 0.814 bits per heavy atom. The normalized spacial score (nSPS) is 19.1. The molecule has 43 heavy (non-hydrogen) atoms. The van der Waals surface area contributed by atoms with Crippen LogP contribution in [0.5, 0.6) is 17.2 Å². The largest absolute Gasteiger partial charge is 0.490 e. The summed E-state index contributed by atoms with van der Waals surface area (Å²) in [6.07, 6.45) is 5.66. The highest BCUT2D eigenvalue weighted by Gasteiger charge is 2.18. The van der Waals surface area contributed by atoms with Gasteiger partial charge in [0.2, 0.25) is 0 Å². The topological polar surface area (TPSA) is 105 Å². The average molecular weight is 590 g/mol.